The molecular formula is C30H21N5O5. The highest BCUT2D eigenvalue weighted by molar-refractivity contribution is 5.86. The number of fused-ring (bicyclic) bond motifs is 7. The zero-order valence-corrected chi connectivity index (χ0v) is 21.3. The molecule has 8 rings (SSSR count). The number of aromatic nitrogens is 5. The van der Waals surface area contributed by atoms with Crippen LogP contribution in [0.25, 0.3) is 28.0 Å². The smallest absolute Gasteiger partial charge is 0.343 e. The maximum Gasteiger partial charge on any atom is 0.343 e. The summed E-state index contributed by atoms with van der Waals surface area (Å²) >= 11 is 0. The van der Waals surface area contributed by atoms with Crippen LogP contribution in [0, 0.1) is 5.92 Å². The highest BCUT2D eigenvalue weighted by atomic mass is 16.7. The van der Waals surface area contributed by atoms with Gasteiger partial charge in [0.25, 0.3) is 0 Å². The number of benzene rings is 2. The standard InChI is InChI=1S/C30H21N5O5/c1-16(11-17-8-9-21-22(12-17)38-15-37-21)23-24-26(19-6-2-3-7-20(19)39-30(24)36)40-29-25(23)28-33-27(34-35(28)14-32-29)18-5-4-10-31-13-18/h2-10,12-14,16,23H,11,15H2,1H3. The van der Waals surface area contributed by atoms with Gasteiger partial charge in [-0.3, -0.25) is 4.98 Å². The molecule has 0 fully saturated rings. The lowest BCUT2D eigenvalue weighted by atomic mass is 9.78. The summed E-state index contributed by atoms with van der Waals surface area (Å²) in [5.74, 6) is 2.27. The van der Waals surface area contributed by atoms with Crippen molar-refractivity contribution in [1.82, 2.24) is 24.6 Å². The lowest BCUT2D eigenvalue weighted by molar-refractivity contribution is 0.174. The third-order valence-electron chi connectivity index (χ3n) is 7.49. The van der Waals surface area contributed by atoms with Crippen LogP contribution in [0.4, 0.5) is 0 Å². The lowest BCUT2D eigenvalue weighted by Crippen LogP contribution is -2.26. The van der Waals surface area contributed by atoms with Gasteiger partial charge in [-0.05, 0) is 54.3 Å². The number of rotatable bonds is 4. The number of pyridine rings is 1. The van der Waals surface area contributed by atoms with E-state index in [9.17, 15) is 4.79 Å². The van der Waals surface area contributed by atoms with Crippen LogP contribution in [0.3, 0.4) is 0 Å². The molecule has 2 atom stereocenters. The van der Waals surface area contributed by atoms with Crippen molar-refractivity contribution in [3.8, 4) is 34.5 Å². The Morgan fingerprint density at radius 3 is 2.85 bits per heavy atom. The van der Waals surface area contributed by atoms with Crippen molar-refractivity contribution in [2.45, 2.75) is 19.3 Å². The summed E-state index contributed by atoms with van der Waals surface area (Å²) in [6.45, 7) is 2.31. The van der Waals surface area contributed by atoms with Crippen LogP contribution in [0.5, 0.6) is 23.1 Å². The quantitative estimate of drug-likeness (QED) is 0.285. The first-order valence-corrected chi connectivity index (χ1v) is 12.9. The average Bonchev–Trinajstić information content (AvgIpc) is 3.64. The van der Waals surface area contributed by atoms with Crippen LogP contribution < -0.4 is 19.8 Å². The van der Waals surface area contributed by atoms with Crippen molar-refractivity contribution in [3.63, 3.8) is 0 Å². The Labute approximate surface area is 226 Å². The molecule has 10 nitrogen and oxygen atoms in total. The molecule has 0 bridgehead atoms. The summed E-state index contributed by atoms with van der Waals surface area (Å²) in [6.07, 6.45) is 5.63. The van der Waals surface area contributed by atoms with Gasteiger partial charge in [-0.15, -0.1) is 5.10 Å². The van der Waals surface area contributed by atoms with Crippen molar-refractivity contribution >= 4 is 16.6 Å². The first-order chi connectivity index (χ1) is 19.6. The van der Waals surface area contributed by atoms with Crippen molar-refractivity contribution in [1.29, 1.82) is 0 Å². The van der Waals surface area contributed by atoms with Gasteiger partial charge in [0.1, 0.15) is 11.9 Å². The van der Waals surface area contributed by atoms with E-state index in [4.69, 9.17) is 23.6 Å². The van der Waals surface area contributed by atoms with E-state index in [1.54, 1.807) is 29.3 Å². The van der Waals surface area contributed by atoms with Crippen LogP contribution in [-0.2, 0) is 6.42 Å². The molecule has 0 spiro atoms. The third kappa shape index (κ3) is 3.46. The molecule has 0 radical (unpaired) electrons. The number of hydrogen-bond acceptors (Lipinski definition) is 9. The second-order valence-electron chi connectivity index (χ2n) is 9.99. The van der Waals surface area contributed by atoms with Crippen LogP contribution in [0.1, 0.15) is 29.5 Å². The van der Waals surface area contributed by atoms with Crippen molar-refractivity contribution in [2.75, 3.05) is 6.79 Å². The van der Waals surface area contributed by atoms with Crippen molar-refractivity contribution in [2.24, 2.45) is 5.92 Å². The molecule has 6 heterocycles. The fourth-order valence-corrected chi connectivity index (χ4v) is 5.71. The summed E-state index contributed by atoms with van der Waals surface area (Å²) in [6, 6.07) is 17.0. The number of hydrogen-bond donors (Lipinski definition) is 0. The Balaban J connectivity index is 1.33. The second kappa shape index (κ2) is 8.63. The normalized spacial score (nSPS) is 16.0. The molecule has 10 heteroatoms. The van der Waals surface area contributed by atoms with Crippen LogP contribution >= 0.6 is 0 Å². The molecule has 0 amide bonds. The Kier molecular flexibility index (Phi) is 4.90. The molecule has 2 aliphatic rings. The summed E-state index contributed by atoms with van der Waals surface area (Å²) < 4.78 is 24.9. The second-order valence-corrected chi connectivity index (χ2v) is 9.99. The lowest BCUT2D eigenvalue weighted by Gasteiger charge is -2.31. The fraction of sp³-hybridized carbons (Fsp3) is 0.167. The molecule has 0 N–H and O–H groups in total. The van der Waals surface area contributed by atoms with Gasteiger partial charge in [-0.2, -0.15) is 0 Å². The topological polar surface area (TPSA) is 114 Å². The molecule has 4 aromatic heterocycles. The van der Waals surface area contributed by atoms with E-state index in [0.717, 1.165) is 16.9 Å². The van der Waals surface area contributed by atoms with E-state index in [-0.39, 0.29) is 12.7 Å². The van der Waals surface area contributed by atoms with E-state index in [2.05, 4.69) is 22.0 Å². The molecule has 0 aliphatic carbocycles. The Bertz CT molecular complexity index is 2000. The maximum absolute atomic E-state index is 13.6. The van der Waals surface area contributed by atoms with Gasteiger partial charge in [-0.1, -0.05) is 25.1 Å². The molecule has 2 unspecified atom stereocenters. The van der Waals surface area contributed by atoms with Gasteiger partial charge >= 0.3 is 5.63 Å². The van der Waals surface area contributed by atoms with E-state index in [1.807, 2.05) is 48.5 Å². The molecule has 2 aliphatic heterocycles. The third-order valence-corrected chi connectivity index (χ3v) is 7.49. The van der Waals surface area contributed by atoms with E-state index in [1.165, 1.54) is 0 Å². The fourth-order valence-electron chi connectivity index (χ4n) is 5.71. The molecule has 6 aromatic rings. The van der Waals surface area contributed by atoms with Gasteiger partial charge in [-0.25, -0.2) is 19.3 Å². The largest absolute Gasteiger partial charge is 0.454 e. The Morgan fingerprint density at radius 1 is 1.05 bits per heavy atom. The van der Waals surface area contributed by atoms with E-state index < -0.39 is 11.5 Å². The van der Waals surface area contributed by atoms with Gasteiger partial charge in [0, 0.05) is 23.9 Å². The maximum atomic E-state index is 13.6. The minimum atomic E-state index is -0.448. The van der Waals surface area contributed by atoms with E-state index >= 15 is 0 Å². The summed E-state index contributed by atoms with van der Waals surface area (Å²) in [4.78, 5) is 27.3. The molecule has 196 valence electrons. The Hall–Kier alpha value is -5.25. The first kappa shape index (κ1) is 22.7. The van der Waals surface area contributed by atoms with E-state index in [0.29, 0.717) is 57.4 Å². The van der Waals surface area contributed by atoms with Crippen molar-refractivity contribution < 1.29 is 18.6 Å². The van der Waals surface area contributed by atoms with Gasteiger partial charge in [0.05, 0.1) is 16.5 Å². The van der Waals surface area contributed by atoms with Crippen molar-refractivity contribution in [3.05, 3.63) is 100 Å². The highest BCUT2D eigenvalue weighted by Crippen LogP contribution is 2.49. The molecule has 40 heavy (non-hydrogen) atoms. The Morgan fingerprint density at radius 2 is 1.95 bits per heavy atom. The minimum absolute atomic E-state index is 0.0858. The summed E-state index contributed by atoms with van der Waals surface area (Å²) in [5.41, 5.74) is 3.52. The average molecular weight is 532 g/mol. The zero-order valence-electron chi connectivity index (χ0n) is 21.3. The summed E-state index contributed by atoms with van der Waals surface area (Å²) in [7, 11) is 0. The minimum Gasteiger partial charge on any atom is -0.454 e. The molecule has 0 saturated carbocycles. The van der Waals surface area contributed by atoms with Crippen LogP contribution in [0.15, 0.2) is 82.5 Å². The van der Waals surface area contributed by atoms with Gasteiger partial charge < -0.3 is 18.6 Å². The molecule has 2 aromatic carbocycles. The van der Waals surface area contributed by atoms with Gasteiger partial charge in [0.2, 0.25) is 12.7 Å². The number of nitrogens with zero attached hydrogens (tertiary/aromatic N) is 5. The predicted molar refractivity (Wildman–Crippen MR) is 144 cm³/mol. The highest BCUT2D eigenvalue weighted by Gasteiger charge is 2.39. The predicted octanol–water partition coefficient (Wildman–Crippen LogP) is 5.14. The number of para-hydroxylation sites is 1. The van der Waals surface area contributed by atoms with Crippen LogP contribution in [-0.4, -0.2) is 31.4 Å². The monoisotopic (exact) mass is 531 g/mol. The summed E-state index contributed by atoms with van der Waals surface area (Å²) in [5, 5.41) is 5.36. The zero-order chi connectivity index (χ0) is 26.8. The van der Waals surface area contributed by atoms with Gasteiger partial charge in [0.15, 0.2) is 28.7 Å². The van der Waals surface area contributed by atoms with Crippen LogP contribution in [0.2, 0.25) is 0 Å². The first-order valence-electron chi connectivity index (χ1n) is 12.9. The molecular weight excluding hydrogens is 510 g/mol. The SMILES string of the molecule is CC(Cc1ccc2c(c1)OCO2)C1c2c(c3ccccc3oc2=O)Oc2ncn3nc(-c4cccnc4)nc3c21. The number of ether oxygens (including phenoxy) is 3. The molecule has 0 saturated heterocycles.